The average molecular weight is 298 g/mol. The molecule has 20 heavy (non-hydrogen) atoms. The van der Waals surface area contributed by atoms with Crippen molar-refractivity contribution in [1.29, 1.82) is 0 Å². The molecule has 0 radical (unpaired) electrons. The Hall–Kier alpha value is -1.90. The van der Waals surface area contributed by atoms with Crippen LogP contribution in [0.4, 0.5) is 11.8 Å². The number of nitrogens with zero attached hydrogens (tertiary/aromatic N) is 4. The monoisotopic (exact) mass is 298 g/mol. The maximum absolute atomic E-state index is 11.3. The van der Waals surface area contributed by atoms with Crippen LogP contribution in [-0.2, 0) is 9.84 Å². The zero-order valence-corrected chi connectivity index (χ0v) is 12.5. The third-order valence-corrected chi connectivity index (χ3v) is 3.71. The number of rotatable bonds is 6. The van der Waals surface area contributed by atoms with Crippen LogP contribution in [-0.4, -0.2) is 60.7 Å². The van der Waals surface area contributed by atoms with Gasteiger partial charge in [-0.05, 0) is 6.92 Å². The third kappa shape index (κ3) is 3.35. The molecule has 2 heterocycles. The average Bonchev–Trinajstić information content (AvgIpc) is 2.82. The fraction of sp³-hybridized carbons (Fsp3) is 0.545. The van der Waals surface area contributed by atoms with Gasteiger partial charge in [0.25, 0.3) is 0 Å². The quantitative estimate of drug-likeness (QED) is 0.788. The van der Waals surface area contributed by atoms with Gasteiger partial charge in [0.2, 0.25) is 5.95 Å². The maximum Gasteiger partial charge on any atom is 0.226 e. The molecule has 2 aromatic heterocycles. The first-order valence-corrected chi connectivity index (χ1v) is 8.30. The van der Waals surface area contributed by atoms with E-state index in [9.17, 15) is 8.42 Å². The molecule has 2 N–H and O–H groups in total. The standard InChI is InChI=1S/C11H18N6O2S/c1-4-12-11-14-9-8(7-13-16-9)10(15-11)17(2)5-6-20(3,18)19/h7H,4-6H2,1-3H3,(H2,12,13,14,15,16). The number of hydrogen-bond donors (Lipinski definition) is 2. The van der Waals surface area contributed by atoms with E-state index in [1.807, 2.05) is 6.92 Å². The van der Waals surface area contributed by atoms with Crippen molar-refractivity contribution < 1.29 is 8.42 Å². The van der Waals surface area contributed by atoms with E-state index in [-0.39, 0.29) is 5.75 Å². The summed E-state index contributed by atoms with van der Waals surface area (Å²) < 4.78 is 22.5. The molecule has 0 aliphatic carbocycles. The summed E-state index contributed by atoms with van der Waals surface area (Å²) in [4.78, 5) is 10.5. The summed E-state index contributed by atoms with van der Waals surface area (Å²) in [7, 11) is -1.21. The second-order valence-electron chi connectivity index (χ2n) is 4.58. The van der Waals surface area contributed by atoms with E-state index in [1.165, 1.54) is 6.26 Å². The Kier molecular flexibility index (Phi) is 4.07. The van der Waals surface area contributed by atoms with Gasteiger partial charge >= 0.3 is 0 Å². The zero-order valence-electron chi connectivity index (χ0n) is 11.7. The van der Waals surface area contributed by atoms with E-state index in [2.05, 4.69) is 25.5 Å². The Morgan fingerprint density at radius 3 is 2.80 bits per heavy atom. The Balaban J connectivity index is 2.33. The van der Waals surface area contributed by atoms with Crippen molar-refractivity contribution in [2.24, 2.45) is 0 Å². The van der Waals surface area contributed by atoms with Gasteiger partial charge < -0.3 is 10.2 Å². The van der Waals surface area contributed by atoms with Gasteiger partial charge in [-0.15, -0.1) is 0 Å². The lowest BCUT2D eigenvalue weighted by Gasteiger charge is -2.18. The Morgan fingerprint density at radius 1 is 1.40 bits per heavy atom. The molecule has 0 saturated carbocycles. The van der Waals surface area contributed by atoms with Gasteiger partial charge in [-0.1, -0.05) is 0 Å². The summed E-state index contributed by atoms with van der Waals surface area (Å²) >= 11 is 0. The smallest absolute Gasteiger partial charge is 0.226 e. The van der Waals surface area contributed by atoms with Crippen molar-refractivity contribution in [1.82, 2.24) is 20.2 Å². The molecule has 0 spiro atoms. The van der Waals surface area contributed by atoms with Crippen LogP contribution in [0.5, 0.6) is 0 Å². The molecule has 2 aromatic rings. The number of H-pyrrole nitrogens is 1. The van der Waals surface area contributed by atoms with E-state index in [0.29, 0.717) is 30.5 Å². The molecule has 0 atom stereocenters. The highest BCUT2D eigenvalue weighted by Gasteiger charge is 2.14. The predicted molar refractivity (Wildman–Crippen MR) is 78.8 cm³/mol. The SMILES string of the molecule is CCNc1nc(N(C)CCS(C)(=O)=O)c2cn[nH]c2n1. The molecule has 0 amide bonds. The number of aromatic amines is 1. The molecule has 0 aliphatic heterocycles. The normalized spacial score (nSPS) is 11.8. The molecule has 2 rings (SSSR count). The molecule has 0 fully saturated rings. The van der Waals surface area contributed by atoms with Gasteiger partial charge in [0, 0.05) is 26.4 Å². The highest BCUT2D eigenvalue weighted by atomic mass is 32.2. The lowest BCUT2D eigenvalue weighted by molar-refractivity contribution is 0.601. The Morgan fingerprint density at radius 2 is 2.15 bits per heavy atom. The molecule has 0 aromatic carbocycles. The molecule has 0 saturated heterocycles. The molecule has 0 bridgehead atoms. The van der Waals surface area contributed by atoms with Crippen LogP contribution in [0.15, 0.2) is 6.20 Å². The summed E-state index contributed by atoms with van der Waals surface area (Å²) in [5.74, 6) is 1.22. The van der Waals surface area contributed by atoms with Crippen LogP contribution in [0, 0.1) is 0 Å². The minimum absolute atomic E-state index is 0.0728. The number of aromatic nitrogens is 4. The summed E-state index contributed by atoms with van der Waals surface area (Å²) in [6, 6.07) is 0. The summed E-state index contributed by atoms with van der Waals surface area (Å²) in [6.45, 7) is 3.02. The minimum atomic E-state index is -3.01. The minimum Gasteiger partial charge on any atom is -0.358 e. The number of sulfone groups is 1. The summed E-state index contributed by atoms with van der Waals surface area (Å²) in [5, 5.41) is 10.6. The van der Waals surface area contributed by atoms with E-state index >= 15 is 0 Å². The van der Waals surface area contributed by atoms with Crippen molar-refractivity contribution in [3.05, 3.63) is 6.20 Å². The first-order chi connectivity index (χ1) is 9.40. The summed E-state index contributed by atoms with van der Waals surface area (Å²) in [6.07, 6.45) is 2.86. The highest BCUT2D eigenvalue weighted by molar-refractivity contribution is 7.90. The Labute approximate surface area is 117 Å². The second-order valence-corrected chi connectivity index (χ2v) is 6.84. The van der Waals surface area contributed by atoms with Crippen LogP contribution >= 0.6 is 0 Å². The molecular weight excluding hydrogens is 280 g/mol. The van der Waals surface area contributed by atoms with E-state index in [1.54, 1.807) is 18.1 Å². The zero-order chi connectivity index (χ0) is 14.8. The van der Waals surface area contributed by atoms with Gasteiger partial charge in [0.1, 0.15) is 15.7 Å². The molecular formula is C11H18N6O2S. The first-order valence-electron chi connectivity index (χ1n) is 6.24. The molecule has 0 aliphatic rings. The van der Waals surface area contributed by atoms with Crippen LogP contribution < -0.4 is 10.2 Å². The molecule has 0 unspecified atom stereocenters. The first kappa shape index (κ1) is 14.5. The largest absolute Gasteiger partial charge is 0.358 e. The molecule has 110 valence electrons. The van der Waals surface area contributed by atoms with Gasteiger partial charge in [-0.3, -0.25) is 5.10 Å². The fourth-order valence-electron chi connectivity index (χ4n) is 1.76. The molecule has 8 nitrogen and oxygen atoms in total. The van der Waals surface area contributed by atoms with Crippen molar-refractivity contribution in [3.8, 4) is 0 Å². The molecule has 9 heteroatoms. The highest BCUT2D eigenvalue weighted by Crippen LogP contribution is 2.22. The van der Waals surface area contributed by atoms with Crippen LogP contribution in [0.3, 0.4) is 0 Å². The van der Waals surface area contributed by atoms with E-state index < -0.39 is 9.84 Å². The van der Waals surface area contributed by atoms with Gasteiger partial charge in [-0.25, -0.2) is 8.42 Å². The van der Waals surface area contributed by atoms with Crippen LogP contribution in [0.2, 0.25) is 0 Å². The lowest BCUT2D eigenvalue weighted by atomic mass is 10.3. The van der Waals surface area contributed by atoms with Crippen molar-refractivity contribution in [2.75, 3.05) is 42.4 Å². The van der Waals surface area contributed by atoms with Crippen molar-refractivity contribution in [3.63, 3.8) is 0 Å². The number of hydrogen-bond acceptors (Lipinski definition) is 7. The number of nitrogens with one attached hydrogen (secondary N) is 2. The lowest BCUT2D eigenvalue weighted by Crippen LogP contribution is -2.26. The van der Waals surface area contributed by atoms with Gasteiger partial charge in [-0.2, -0.15) is 15.1 Å². The van der Waals surface area contributed by atoms with E-state index in [0.717, 1.165) is 5.39 Å². The van der Waals surface area contributed by atoms with Gasteiger partial charge in [0.05, 0.1) is 17.3 Å². The predicted octanol–water partition coefficient (Wildman–Crippen LogP) is 0.266. The van der Waals surface area contributed by atoms with E-state index in [4.69, 9.17) is 0 Å². The Bertz CT molecular complexity index is 696. The van der Waals surface area contributed by atoms with Crippen LogP contribution in [0.1, 0.15) is 6.92 Å². The maximum atomic E-state index is 11.3. The fourth-order valence-corrected chi connectivity index (χ4v) is 2.36. The topological polar surface area (TPSA) is 104 Å². The van der Waals surface area contributed by atoms with Crippen LogP contribution in [0.25, 0.3) is 11.0 Å². The van der Waals surface area contributed by atoms with Crippen molar-refractivity contribution >= 4 is 32.6 Å². The number of anilines is 2. The van der Waals surface area contributed by atoms with Crippen molar-refractivity contribution in [2.45, 2.75) is 6.92 Å². The van der Waals surface area contributed by atoms with Gasteiger partial charge in [0.15, 0.2) is 5.65 Å². The number of fused-ring (bicyclic) bond motifs is 1. The third-order valence-electron chi connectivity index (χ3n) is 2.78. The second kappa shape index (κ2) is 5.61. The summed E-state index contributed by atoms with van der Waals surface area (Å²) in [5.41, 5.74) is 0.622.